The van der Waals surface area contributed by atoms with Crippen molar-refractivity contribution in [1.82, 2.24) is 9.99 Å². The van der Waals surface area contributed by atoms with Crippen molar-refractivity contribution in [2.45, 2.75) is 19.3 Å². The molecular formula is C18H21ClN4S. The molecule has 2 rings (SSSR count). The fourth-order valence-electron chi connectivity index (χ4n) is 2.24. The molecule has 0 saturated carbocycles. The van der Waals surface area contributed by atoms with Crippen LogP contribution in [0.1, 0.15) is 24.1 Å². The van der Waals surface area contributed by atoms with Crippen molar-refractivity contribution in [3.8, 4) is 0 Å². The second kappa shape index (κ2) is 10.0. The second-order valence-electron chi connectivity index (χ2n) is 5.24. The van der Waals surface area contributed by atoms with E-state index in [1.54, 1.807) is 11.2 Å². The maximum atomic E-state index is 5.86. The van der Waals surface area contributed by atoms with Crippen LogP contribution in [0.15, 0.2) is 59.8 Å². The van der Waals surface area contributed by atoms with E-state index in [0.717, 1.165) is 36.2 Å². The molecule has 0 bridgehead atoms. The highest BCUT2D eigenvalue weighted by molar-refractivity contribution is 7.80. The third-order valence-electron chi connectivity index (χ3n) is 3.46. The lowest BCUT2D eigenvalue weighted by atomic mass is 10.1. The van der Waals surface area contributed by atoms with E-state index < -0.39 is 0 Å². The zero-order valence-electron chi connectivity index (χ0n) is 13.4. The van der Waals surface area contributed by atoms with Crippen molar-refractivity contribution in [3.05, 3.63) is 66.0 Å². The molecule has 0 amide bonds. The number of aromatic nitrogens is 1. The first kappa shape index (κ1) is 18.4. The molecule has 126 valence electrons. The summed E-state index contributed by atoms with van der Waals surface area (Å²) in [5.41, 5.74) is 8.83. The van der Waals surface area contributed by atoms with Gasteiger partial charge in [-0.05, 0) is 42.8 Å². The Morgan fingerprint density at radius 2 is 1.92 bits per heavy atom. The molecule has 0 aliphatic heterocycles. The molecule has 1 aromatic heterocycles. The van der Waals surface area contributed by atoms with Crippen molar-refractivity contribution in [3.63, 3.8) is 0 Å². The van der Waals surface area contributed by atoms with Gasteiger partial charge >= 0.3 is 0 Å². The van der Waals surface area contributed by atoms with Crippen molar-refractivity contribution < 1.29 is 0 Å². The van der Waals surface area contributed by atoms with Crippen LogP contribution in [0.5, 0.6) is 0 Å². The van der Waals surface area contributed by atoms with Crippen molar-refractivity contribution in [2.75, 3.05) is 12.4 Å². The predicted molar refractivity (Wildman–Crippen MR) is 104 cm³/mol. The maximum absolute atomic E-state index is 5.86. The zero-order chi connectivity index (χ0) is 17.2. The van der Waals surface area contributed by atoms with Crippen LogP contribution in [0.3, 0.4) is 0 Å². The Morgan fingerprint density at radius 3 is 2.54 bits per heavy atom. The Bertz CT molecular complexity index is 661. The summed E-state index contributed by atoms with van der Waals surface area (Å²) in [5, 5.41) is 6.62. The lowest BCUT2D eigenvalue weighted by molar-refractivity contribution is 0.448. The van der Waals surface area contributed by atoms with Crippen molar-refractivity contribution in [2.24, 2.45) is 10.8 Å². The molecule has 0 saturated heterocycles. The second-order valence-corrected chi connectivity index (χ2v) is 6.03. The lowest BCUT2D eigenvalue weighted by Gasteiger charge is -2.19. The molecule has 0 unspecified atom stereocenters. The topological polar surface area (TPSA) is 54.5 Å². The van der Waals surface area contributed by atoms with E-state index >= 15 is 0 Å². The standard InChI is InChI=1S/C18H21ClN4S/c19-12-6-10-17(15-7-2-1-3-8-15)22-23(18(20)24)14-11-16-9-4-5-13-21-16/h1-5,7-9,13H,6,10-12,14H2,(H2,20,24)/b22-17+. The van der Waals surface area contributed by atoms with E-state index in [0.29, 0.717) is 12.4 Å². The number of hydrogen-bond donors (Lipinski definition) is 1. The van der Waals surface area contributed by atoms with Gasteiger partial charge in [-0.2, -0.15) is 5.10 Å². The highest BCUT2D eigenvalue weighted by Crippen LogP contribution is 2.10. The molecule has 0 radical (unpaired) electrons. The van der Waals surface area contributed by atoms with Gasteiger partial charge in [0.15, 0.2) is 5.11 Å². The van der Waals surface area contributed by atoms with Crippen LogP contribution in [0.2, 0.25) is 0 Å². The molecule has 0 spiro atoms. The molecule has 1 heterocycles. The Hall–Kier alpha value is -1.98. The van der Waals surface area contributed by atoms with Crippen molar-refractivity contribution in [1.29, 1.82) is 0 Å². The smallest absolute Gasteiger partial charge is 0.186 e. The molecular weight excluding hydrogens is 340 g/mol. The summed E-state index contributed by atoms with van der Waals surface area (Å²) in [6.07, 6.45) is 4.12. The monoisotopic (exact) mass is 360 g/mol. The molecule has 0 aliphatic rings. The van der Waals surface area contributed by atoms with Gasteiger partial charge < -0.3 is 5.73 Å². The third-order valence-corrected chi connectivity index (χ3v) is 3.93. The quantitative estimate of drug-likeness (QED) is 0.338. The maximum Gasteiger partial charge on any atom is 0.186 e. The number of hydrogen-bond acceptors (Lipinski definition) is 3. The van der Waals surface area contributed by atoms with Gasteiger partial charge in [-0.1, -0.05) is 36.4 Å². The van der Waals surface area contributed by atoms with Gasteiger partial charge in [0.1, 0.15) is 0 Å². The van der Waals surface area contributed by atoms with Gasteiger partial charge in [0, 0.05) is 30.7 Å². The summed E-state index contributed by atoms with van der Waals surface area (Å²) in [4.78, 5) is 4.32. The average Bonchev–Trinajstić information content (AvgIpc) is 2.62. The van der Waals surface area contributed by atoms with Crippen molar-refractivity contribution >= 4 is 34.6 Å². The predicted octanol–water partition coefficient (Wildman–Crippen LogP) is 3.59. The molecule has 0 atom stereocenters. The minimum atomic E-state index is 0.255. The van der Waals surface area contributed by atoms with E-state index in [9.17, 15) is 0 Å². The van der Waals surface area contributed by atoms with E-state index in [1.807, 2.05) is 48.5 Å². The van der Waals surface area contributed by atoms with Gasteiger partial charge in [0.25, 0.3) is 0 Å². The summed E-state index contributed by atoms with van der Waals surface area (Å²) in [6, 6.07) is 15.9. The number of thiocarbonyl (C=S) groups is 1. The summed E-state index contributed by atoms with van der Waals surface area (Å²) < 4.78 is 0. The zero-order valence-corrected chi connectivity index (χ0v) is 15.0. The fourth-order valence-corrected chi connectivity index (χ4v) is 2.50. The first-order valence-electron chi connectivity index (χ1n) is 7.86. The van der Waals surface area contributed by atoms with E-state index in [1.165, 1.54) is 0 Å². The van der Waals surface area contributed by atoms with E-state index in [4.69, 9.17) is 34.7 Å². The van der Waals surface area contributed by atoms with Crippen LogP contribution < -0.4 is 5.73 Å². The molecule has 1 aromatic carbocycles. The van der Waals surface area contributed by atoms with Crippen LogP contribution in [0.4, 0.5) is 0 Å². The van der Waals surface area contributed by atoms with Gasteiger partial charge in [-0.3, -0.25) is 4.98 Å². The number of benzene rings is 1. The van der Waals surface area contributed by atoms with Crippen LogP contribution in [0.25, 0.3) is 0 Å². The Balaban J connectivity index is 2.16. The molecule has 24 heavy (non-hydrogen) atoms. The Labute approximate surface area is 153 Å². The largest absolute Gasteiger partial charge is 0.375 e. The molecule has 4 nitrogen and oxygen atoms in total. The fraction of sp³-hybridized carbons (Fsp3) is 0.278. The highest BCUT2D eigenvalue weighted by atomic mass is 35.5. The number of rotatable bonds is 8. The number of alkyl halides is 1. The minimum Gasteiger partial charge on any atom is -0.375 e. The van der Waals surface area contributed by atoms with Crippen LogP contribution in [-0.2, 0) is 6.42 Å². The van der Waals surface area contributed by atoms with Gasteiger partial charge in [-0.15, -0.1) is 11.6 Å². The minimum absolute atomic E-state index is 0.255. The Kier molecular flexibility index (Phi) is 7.65. The molecule has 2 N–H and O–H groups in total. The van der Waals surface area contributed by atoms with Crippen LogP contribution in [-0.4, -0.2) is 33.2 Å². The van der Waals surface area contributed by atoms with E-state index in [2.05, 4.69) is 4.98 Å². The number of halogens is 1. The number of pyridine rings is 1. The van der Waals surface area contributed by atoms with Gasteiger partial charge in [-0.25, -0.2) is 5.01 Å². The van der Waals surface area contributed by atoms with Crippen LogP contribution in [0, 0.1) is 0 Å². The first-order valence-corrected chi connectivity index (χ1v) is 8.80. The Morgan fingerprint density at radius 1 is 1.17 bits per heavy atom. The SMILES string of the molecule is NC(=S)N(CCc1ccccn1)/N=C(\CCCCl)c1ccccc1. The molecule has 0 fully saturated rings. The van der Waals surface area contributed by atoms with Crippen LogP contribution >= 0.6 is 23.8 Å². The number of nitrogens with two attached hydrogens (primary N) is 1. The summed E-state index contributed by atoms with van der Waals surface area (Å²) >= 11 is 11.0. The average molecular weight is 361 g/mol. The first-order chi connectivity index (χ1) is 11.7. The normalized spacial score (nSPS) is 11.3. The highest BCUT2D eigenvalue weighted by Gasteiger charge is 2.10. The summed E-state index contributed by atoms with van der Waals surface area (Å²) in [5.74, 6) is 0.590. The third kappa shape index (κ3) is 5.91. The summed E-state index contributed by atoms with van der Waals surface area (Å²) in [6.45, 7) is 0.587. The van der Waals surface area contributed by atoms with Gasteiger partial charge in [0.2, 0.25) is 0 Å². The molecule has 0 aliphatic carbocycles. The van der Waals surface area contributed by atoms with Gasteiger partial charge in [0.05, 0.1) is 5.71 Å². The molecule has 2 aromatic rings. The van der Waals surface area contributed by atoms with E-state index in [-0.39, 0.29) is 5.11 Å². The summed E-state index contributed by atoms with van der Waals surface area (Å²) in [7, 11) is 0. The lowest BCUT2D eigenvalue weighted by Crippen LogP contribution is -2.34. The molecule has 6 heteroatoms. The number of hydrazone groups is 1. The number of nitrogens with zero attached hydrogens (tertiary/aromatic N) is 3.